The molecule has 0 amide bonds. The van der Waals surface area contributed by atoms with Crippen molar-refractivity contribution in [1.82, 2.24) is 19.6 Å². The molecule has 34 heavy (non-hydrogen) atoms. The highest BCUT2D eigenvalue weighted by atomic mass is 16.5. The summed E-state index contributed by atoms with van der Waals surface area (Å²) in [5, 5.41) is 21.7. The van der Waals surface area contributed by atoms with Crippen LogP contribution in [0.4, 0.5) is 5.82 Å². The summed E-state index contributed by atoms with van der Waals surface area (Å²) in [6.45, 7) is 11.7. The summed E-state index contributed by atoms with van der Waals surface area (Å²) in [5.74, 6) is 1.89. The minimum absolute atomic E-state index is 0.0799. The first-order valence-corrected chi connectivity index (χ1v) is 10.8. The lowest BCUT2D eigenvalue weighted by molar-refractivity contribution is 0.118. The number of rotatable bonds is 7. The average molecular weight is 459 g/mol. The molecular weight excluding hydrogens is 428 g/mol. The van der Waals surface area contributed by atoms with Gasteiger partial charge in [0.25, 0.3) is 0 Å². The summed E-state index contributed by atoms with van der Waals surface area (Å²) in [4.78, 5) is 8.60. The molecule has 0 radical (unpaired) electrons. The Morgan fingerprint density at radius 3 is 2.47 bits per heavy atom. The largest absolute Gasteiger partial charge is 0.377 e. The number of aryl methyl sites for hydroxylation is 2. The molecule has 2 heterocycles. The van der Waals surface area contributed by atoms with Crippen LogP contribution in [-0.4, -0.2) is 46.3 Å². The quantitative estimate of drug-likeness (QED) is 0.419. The molecule has 1 atom stereocenters. The van der Waals surface area contributed by atoms with Crippen molar-refractivity contribution in [3.63, 3.8) is 0 Å². The van der Waals surface area contributed by atoms with Crippen LogP contribution in [0.15, 0.2) is 46.1 Å². The molecule has 0 saturated heterocycles. The second kappa shape index (κ2) is 10.3. The van der Waals surface area contributed by atoms with Crippen molar-refractivity contribution in [3.8, 4) is 17.3 Å². The lowest BCUT2D eigenvalue weighted by Crippen LogP contribution is -2.16. The number of anilines is 1. The monoisotopic (exact) mass is 458 g/mol. The molecule has 1 N–H and O–H groups in total. The van der Waals surface area contributed by atoms with E-state index in [4.69, 9.17) is 10.00 Å². The third-order valence-corrected chi connectivity index (χ3v) is 5.81. The fourth-order valence-corrected chi connectivity index (χ4v) is 3.95. The summed E-state index contributed by atoms with van der Waals surface area (Å²) in [6, 6.07) is 9.48. The topological polar surface area (TPSA) is 105 Å². The van der Waals surface area contributed by atoms with E-state index in [0.717, 1.165) is 39.6 Å². The number of benzene rings is 1. The SMILES string of the molecule is C=N/C(=C\C(=NC)n1nc(C)c(C(C)OC)c1C)Nc1c(C)c(-c2ccc(C#N)cc2)nn1C. The number of hydrogen-bond donors (Lipinski definition) is 1. The van der Waals surface area contributed by atoms with E-state index in [1.165, 1.54) is 0 Å². The highest BCUT2D eigenvalue weighted by molar-refractivity contribution is 5.95. The average Bonchev–Trinajstić information content (AvgIpc) is 3.30. The van der Waals surface area contributed by atoms with E-state index in [-0.39, 0.29) is 6.10 Å². The van der Waals surface area contributed by atoms with Crippen LogP contribution in [0.2, 0.25) is 0 Å². The van der Waals surface area contributed by atoms with E-state index in [2.05, 4.69) is 38.3 Å². The maximum atomic E-state index is 9.05. The van der Waals surface area contributed by atoms with Gasteiger partial charge in [0.05, 0.1) is 29.1 Å². The molecule has 0 aliphatic rings. The van der Waals surface area contributed by atoms with E-state index in [0.29, 0.717) is 17.2 Å². The van der Waals surface area contributed by atoms with Gasteiger partial charge in [0, 0.05) is 49.7 Å². The fraction of sp³-hybridized carbons (Fsp3) is 0.320. The molecule has 3 rings (SSSR count). The molecule has 0 bridgehead atoms. The minimum Gasteiger partial charge on any atom is -0.377 e. The second-order valence-electron chi connectivity index (χ2n) is 7.90. The van der Waals surface area contributed by atoms with Crippen LogP contribution in [-0.2, 0) is 11.8 Å². The summed E-state index contributed by atoms with van der Waals surface area (Å²) >= 11 is 0. The van der Waals surface area contributed by atoms with Crippen LogP contribution < -0.4 is 5.32 Å². The van der Waals surface area contributed by atoms with Crippen LogP contribution >= 0.6 is 0 Å². The first kappa shape index (κ1) is 24.6. The van der Waals surface area contributed by atoms with Crippen LogP contribution in [0.5, 0.6) is 0 Å². The third kappa shape index (κ3) is 4.67. The van der Waals surface area contributed by atoms with Gasteiger partial charge in [-0.1, -0.05) is 12.1 Å². The van der Waals surface area contributed by atoms with Gasteiger partial charge in [-0.05, 0) is 46.5 Å². The number of ether oxygens (including phenoxy) is 1. The smallest absolute Gasteiger partial charge is 0.152 e. The number of nitriles is 1. The molecule has 176 valence electrons. The number of allylic oxidation sites excluding steroid dienone is 1. The molecule has 0 spiro atoms. The highest BCUT2D eigenvalue weighted by Crippen LogP contribution is 2.29. The summed E-state index contributed by atoms with van der Waals surface area (Å²) in [6.07, 6.45) is 1.71. The van der Waals surface area contributed by atoms with Crippen molar-refractivity contribution >= 4 is 18.4 Å². The second-order valence-corrected chi connectivity index (χ2v) is 7.90. The van der Waals surface area contributed by atoms with Gasteiger partial charge in [0.2, 0.25) is 0 Å². The van der Waals surface area contributed by atoms with Gasteiger partial charge in [-0.15, -0.1) is 0 Å². The molecule has 0 aliphatic heterocycles. The Kier molecular flexibility index (Phi) is 7.44. The normalized spacial score (nSPS) is 13.0. The number of methoxy groups -OCH3 is 1. The molecule has 9 heteroatoms. The molecule has 0 aliphatic carbocycles. The minimum atomic E-state index is -0.0799. The van der Waals surface area contributed by atoms with Crippen molar-refractivity contribution < 1.29 is 4.74 Å². The zero-order valence-electron chi connectivity index (χ0n) is 20.7. The molecule has 3 aromatic rings. The maximum absolute atomic E-state index is 9.05. The Labute approximate surface area is 200 Å². The van der Waals surface area contributed by atoms with Crippen molar-refractivity contribution in [2.75, 3.05) is 19.5 Å². The van der Waals surface area contributed by atoms with E-state index in [9.17, 15) is 0 Å². The molecule has 1 aromatic carbocycles. The van der Waals surface area contributed by atoms with E-state index >= 15 is 0 Å². The standard InChI is InChI=1S/C25H30N8O/c1-15-24(20-11-9-19(14-26)10-12-20)31-32(7)25(15)29-21(27-5)13-22(28-6)33-17(3)23(16(2)30-33)18(4)34-8/h9-13,18,29H,5H2,1-4,6-8H3/b21-13+,28-22?. The molecule has 0 saturated carbocycles. The van der Waals surface area contributed by atoms with Crippen molar-refractivity contribution in [2.24, 2.45) is 17.0 Å². The molecule has 2 aromatic heterocycles. The van der Waals surface area contributed by atoms with E-state index in [1.54, 1.807) is 41.7 Å². The maximum Gasteiger partial charge on any atom is 0.152 e. The molecule has 1 unspecified atom stereocenters. The van der Waals surface area contributed by atoms with Gasteiger partial charge in [0.1, 0.15) is 11.6 Å². The van der Waals surface area contributed by atoms with E-state index in [1.807, 2.05) is 46.9 Å². The Bertz CT molecular complexity index is 1300. The van der Waals surface area contributed by atoms with Gasteiger partial charge in [-0.3, -0.25) is 9.67 Å². The highest BCUT2D eigenvalue weighted by Gasteiger charge is 2.20. The predicted molar refractivity (Wildman–Crippen MR) is 135 cm³/mol. The lowest BCUT2D eigenvalue weighted by Gasteiger charge is -2.12. The number of hydrogen-bond acceptors (Lipinski definition) is 7. The summed E-state index contributed by atoms with van der Waals surface area (Å²) in [7, 11) is 5.25. The van der Waals surface area contributed by atoms with Gasteiger partial charge in [-0.25, -0.2) is 9.67 Å². The number of aromatic nitrogens is 4. The Morgan fingerprint density at radius 1 is 1.24 bits per heavy atom. The Hall–Kier alpha value is -4.03. The third-order valence-electron chi connectivity index (χ3n) is 5.81. The number of nitrogens with one attached hydrogen (secondary N) is 1. The first-order valence-electron chi connectivity index (χ1n) is 10.8. The zero-order chi connectivity index (χ0) is 25.0. The van der Waals surface area contributed by atoms with E-state index < -0.39 is 0 Å². The van der Waals surface area contributed by atoms with Crippen molar-refractivity contribution in [1.29, 1.82) is 5.26 Å². The predicted octanol–water partition coefficient (Wildman–Crippen LogP) is 4.32. The van der Waals surface area contributed by atoms with Crippen LogP contribution in [0.1, 0.15) is 41.1 Å². The lowest BCUT2D eigenvalue weighted by atomic mass is 10.1. The van der Waals surface area contributed by atoms with Crippen molar-refractivity contribution in [2.45, 2.75) is 33.8 Å². The number of nitrogens with zero attached hydrogens (tertiary/aromatic N) is 7. The van der Waals surface area contributed by atoms with Crippen molar-refractivity contribution in [3.05, 3.63) is 64.2 Å². The zero-order valence-corrected chi connectivity index (χ0v) is 20.7. The Morgan fingerprint density at radius 2 is 1.91 bits per heavy atom. The van der Waals surface area contributed by atoms with Gasteiger partial charge < -0.3 is 10.1 Å². The van der Waals surface area contributed by atoms with Crippen LogP contribution in [0.3, 0.4) is 0 Å². The molecular formula is C25H30N8O. The summed E-state index contributed by atoms with van der Waals surface area (Å²) < 4.78 is 9.05. The summed E-state index contributed by atoms with van der Waals surface area (Å²) in [5.41, 5.74) is 6.17. The Balaban J connectivity index is 1.96. The van der Waals surface area contributed by atoms with Gasteiger partial charge in [-0.2, -0.15) is 15.5 Å². The van der Waals surface area contributed by atoms with Gasteiger partial charge in [0.15, 0.2) is 5.84 Å². The fourth-order valence-electron chi connectivity index (χ4n) is 3.95. The first-order chi connectivity index (χ1) is 16.2. The molecule has 9 nitrogen and oxygen atoms in total. The molecule has 0 fully saturated rings. The van der Waals surface area contributed by atoms with Crippen LogP contribution in [0.25, 0.3) is 11.3 Å². The van der Waals surface area contributed by atoms with Crippen LogP contribution in [0, 0.1) is 32.1 Å². The van der Waals surface area contributed by atoms with Gasteiger partial charge >= 0.3 is 0 Å². The number of aliphatic imine (C=N–C) groups is 2.